The monoisotopic (exact) mass is 405 g/mol. The molecule has 0 saturated carbocycles. The van der Waals surface area contributed by atoms with Crippen molar-refractivity contribution in [3.05, 3.63) is 30.3 Å². The zero-order valence-corrected chi connectivity index (χ0v) is 16.2. The zero-order valence-electron chi connectivity index (χ0n) is 15.3. The average molecular weight is 405 g/mol. The summed E-state index contributed by atoms with van der Waals surface area (Å²) in [6.07, 6.45) is 0.218. The van der Waals surface area contributed by atoms with Gasteiger partial charge in [-0.15, -0.1) is 0 Å². The highest BCUT2D eigenvalue weighted by Crippen LogP contribution is 2.05. The Balaban J connectivity index is 0.000000569. The van der Waals surface area contributed by atoms with E-state index < -0.39 is 16.1 Å². The minimum atomic E-state index is -4.00. The lowest BCUT2D eigenvalue weighted by molar-refractivity contribution is -0.146. The van der Waals surface area contributed by atoms with Gasteiger partial charge in [-0.25, -0.2) is 0 Å². The molecule has 9 nitrogen and oxygen atoms in total. The third-order valence-electron chi connectivity index (χ3n) is 2.94. The summed E-state index contributed by atoms with van der Waals surface area (Å²) in [6, 6.07) is 7.42. The Hall–Kier alpha value is -1.85. The van der Waals surface area contributed by atoms with Crippen LogP contribution < -0.4 is 5.73 Å². The molecular formula is C17H27NO8S. The van der Waals surface area contributed by atoms with Crippen LogP contribution in [-0.2, 0) is 33.9 Å². The molecule has 0 aliphatic carbocycles. The van der Waals surface area contributed by atoms with Gasteiger partial charge in [-0.2, -0.15) is 8.42 Å². The molecule has 0 amide bonds. The van der Waals surface area contributed by atoms with Crippen molar-refractivity contribution in [2.45, 2.75) is 24.7 Å². The van der Waals surface area contributed by atoms with E-state index in [4.69, 9.17) is 24.5 Å². The van der Waals surface area contributed by atoms with Crippen molar-refractivity contribution >= 4 is 21.9 Å². The second kappa shape index (κ2) is 15.2. The van der Waals surface area contributed by atoms with E-state index in [9.17, 15) is 18.0 Å². The summed E-state index contributed by atoms with van der Waals surface area (Å²) in [6.45, 7) is 4.09. The first-order chi connectivity index (χ1) is 12.8. The van der Waals surface area contributed by atoms with E-state index in [1.54, 1.807) is 18.2 Å². The number of carbonyl (C=O) groups is 2. The van der Waals surface area contributed by atoms with Gasteiger partial charge in [0.1, 0.15) is 12.4 Å². The van der Waals surface area contributed by atoms with Crippen LogP contribution >= 0.6 is 0 Å². The lowest BCUT2D eigenvalue weighted by Gasteiger charge is -2.05. The fourth-order valence-electron chi connectivity index (χ4n) is 1.59. The maximum Gasteiger partial charge on any atom is 0.306 e. The topological polar surface area (TPSA) is 142 Å². The second-order valence-electron chi connectivity index (χ2n) is 5.06. The summed E-state index contributed by atoms with van der Waals surface area (Å²) in [4.78, 5) is 21.9. The van der Waals surface area contributed by atoms with Gasteiger partial charge in [0, 0.05) is 13.0 Å². The first-order valence-electron chi connectivity index (χ1n) is 8.36. The predicted molar refractivity (Wildman–Crippen MR) is 97.8 cm³/mol. The van der Waals surface area contributed by atoms with Crippen molar-refractivity contribution in [3.63, 3.8) is 0 Å². The number of ketones is 1. The molecule has 0 bridgehead atoms. The van der Waals surface area contributed by atoms with Crippen LogP contribution in [0.4, 0.5) is 0 Å². The minimum Gasteiger partial charge on any atom is -0.463 e. The number of esters is 1. The van der Waals surface area contributed by atoms with Crippen LogP contribution in [0.15, 0.2) is 35.2 Å². The van der Waals surface area contributed by atoms with Crippen LogP contribution in [0.5, 0.6) is 0 Å². The standard InChI is InChI=1S/C11H21NO5.C6H6O3S/c1-2-15-5-6-16-7-8-17-11(14)4-3-10(13)9-12;7-10(8,9)6-4-2-1-3-5-6/h2-9,12H2,1H3;1-5H,(H,7,8,9). The molecule has 0 saturated heterocycles. The first-order valence-corrected chi connectivity index (χ1v) is 9.80. The Morgan fingerprint density at radius 1 is 1.00 bits per heavy atom. The summed E-state index contributed by atoms with van der Waals surface area (Å²) in [5.74, 6) is -0.546. The Morgan fingerprint density at radius 3 is 2.11 bits per heavy atom. The molecule has 0 aromatic heterocycles. The average Bonchev–Trinajstić information content (AvgIpc) is 2.66. The van der Waals surface area contributed by atoms with Gasteiger partial charge in [-0.1, -0.05) is 18.2 Å². The van der Waals surface area contributed by atoms with Crippen LogP contribution in [0, 0.1) is 0 Å². The van der Waals surface area contributed by atoms with Gasteiger partial charge in [0.2, 0.25) is 0 Å². The quantitative estimate of drug-likeness (QED) is 0.293. The van der Waals surface area contributed by atoms with E-state index in [1.165, 1.54) is 12.1 Å². The molecule has 0 radical (unpaired) electrons. The largest absolute Gasteiger partial charge is 0.463 e. The van der Waals surface area contributed by atoms with E-state index in [0.29, 0.717) is 26.4 Å². The molecule has 1 rings (SSSR count). The van der Waals surface area contributed by atoms with Crippen molar-refractivity contribution in [2.75, 3.05) is 39.6 Å². The smallest absolute Gasteiger partial charge is 0.306 e. The van der Waals surface area contributed by atoms with Crippen molar-refractivity contribution in [3.8, 4) is 0 Å². The molecule has 0 heterocycles. The van der Waals surface area contributed by atoms with Crippen LogP contribution in [0.3, 0.4) is 0 Å². The summed E-state index contributed by atoms with van der Waals surface area (Å²) in [5.41, 5.74) is 5.10. The Labute approximate surface area is 159 Å². The molecule has 0 aliphatic rings. The SMILES string of the molecule is CCOCCOCCOC(=O)CCC(=O)CN.O=S(=O)(O)c1ccccc1. The Kier molecular flexibility index (Phi) is 14.2. The second-order valence-corrected chi connectivity index (χ2v) is 6.48. The molecule has 3 N–H and O–H groups in total. The van der Waals surface area contributed by atoms with E-state index in [2.05, 4.69) is 0 Å². The molecule has 154 valence electrons. The van der Waals surface area contributed by atoms with Crippen LogP contribution in [0.25, 0.3) is 0 Å². The van der Waals surface area contributed by atoms with Crippen LogP contribution in [0.2, 0.25) is 0 Å². The predicted octanol–water partition coefficient (Wildman–Crippen LogP) is 0.824. The summed E-state index contributed by atoms with van der Waals surface area (Å²) >= 11 is 0. The fraction of sp³-hybridized carbons (Fsp3) is 0.529. The number of nitrogens with two attached hydrogens (primary N) is 1. The Morgan fingerprint density at radius 2 is 1.59 bits per heavy atom. The molecule has 0 unspecified atom stereocenters. The fourth-order valence-corrected chi connectivity index (χ4v) is 2.09. The molecule has 0 aliphatic heterocycles. The number of hydrogen-bond donors (Lipinski definition) is 2. The van der Waals surface area contributed by atoms with Crippen LogP contribution in [0.1, 0.15) is 19.8 Å². The lowest BCUT2D eigenvalue weighted by Crippen LogP contribution is -2.17. The first kappa shape index (κ1) is 25.1. The number of carbonyl (C=O) groups excluding carboxylic acids is 2. The van der Waals surface area contributed by atoms with Crippen molar-refractivity contribution in [1.29, 1.82) is 0 Å². The number of Topliss-reactive ketones (excluding diaryl/α,β-unsaturated/α-hetero) is 1. The minimum absolute atomic E-state index is 0.0339. The molecule has 0 atom stereocenters. The molecule has 1 aromatic rings. The summed E-state index contributed by atoms with van der Waals surface area (Å²) in [5, 5.41) is 0. The zero-order chi connectivity index (χ0) is 20.5. The van der Waals surface area contributed by atoms with Gasteiger partial charge in [0.05, 0.1) is 37.7 Å². The number of hydrogen-bond acceptors (Lipinski definition) is 8. The number of ether oxygens (including phenoxy) is 3. The highest BCUT2D eigenvalue weighted by molar-refractivity contribution is 7.85. The van der Waals surface area contributed by atoms with Gasteiger partial charge >= 0.3 is 5.97 Å². The normalized spacial score (nSPS) is 10.6. The van der Waals surface area contributed by atoms with E-state index in [1.807, 2.05) is 6.92 Å². The van der Waals surface area contributed by atoms with Crippen molar-refractivity contribution in [1.82, 2.24) is 0 Å². The Bertz CT molecular complexity index is 634. The molecule has 10 heteroatoms. The number of rotatable bonds is 12. The maximum absolute atomic E-state index is 11.1. The van der Waals surface area contributed by atoms with E-state index >= 15 is 0 Å². The van der Waals surface area contributed by atoms with Crippen molar-refractivity contribution in [2.24, 2.45) is 5.73 Å². The van der Waals surface area contributed by atoms with Gasteiger partial charge in [-0.05, 0) is 19.1 Å². The highest BCUT2D eigenvalue weighted by atomic mass is 32.2. The van der Waals surface area contributed by atoms with Gasteiger partial charge in [-0.3, -0.25) is 14.1 Å². The third kappa shape index (κ3) is 15.0. The maximum atomic E-state index is 11.1. The van der Waals surface area contributed by atoms with Crippen molar-refractivity contribution < 1.29 is 36.8 Å². The lowest BCUT2D eigenvalue weighted by atomic mass is 10.2. The highest BCUT2D eigenvalue weighted by Gasteiger charge is 2.06. The molecule has 0 spiro atoms. The van der Waals surface area contributed by atoms with Crippen LogP contribution in [-0.4, -0.2) is 64.3 Å². The number of benzene rings is 1. The molecule has 27 heavy (non-hydrogen) atoms. The molecular weight excluding hydrogens is 378 g/mol. The van der Waals surface area contributed by atoms with Gasteiger partial charge in [0.25, 0.3) is 10.1 Å². The van der Waals surface area contributed by atoms with E-state index in [0.717, 1.165) is 0 Å². The summed E-state index contributed by atoms with van der Waals surface area (Å²) < 4.78 is 44.3. The van der Waals surface area contributed by atoms with E-state index in [-0.39, 0.29) is 36.7 Å². The molecule has 1 aromatic carbocycles. The van der Waals surface area contributed by atoms with Gasteiger partial charge < -0.3 is 19.9 Å². The van der Waals surface area contributed by atoms with Gasteiger partial charge in [0.15, 0.2) is 0 Å². The third-order valence-corrected chi connectivity index (χ3v) is 3.81. The summed E-state index contributed by atoms with van der Waals surface area (Å²) in [7, 11) is -4.00. The molecule has 0 fully saturated rings.